The lowest BCUT2D eigenvalue weighted by molar-refractivity contribution is -0.134. The molecule has 0 atom stereocenters. The molecule has 7 rings (SSSR count). The molecule has 2 aliphatic heterocycles. The van der Waals surface area contributed by atoms with Gasteiger partial charge in [0.2, 0.25) is 0 Å². The van der Waals surface area contributed by atoms with Crippen LogP contribution in [-0.2, 0) is 19.2 Å². The van der Waals surface area contributed by atoms with Crippen molar-refractivity contribution in [3.05, 3.63) is 171 Å². The number of hydrogen-bond donors (Lipinski definition) is 4. The fourth-order valence-corrected chi connectivity index (χ4v) is 7.53. The number of nitrogens with one attached hydrogen (secondary N) is 2. The Hall–Kier alpha value is -7.22. The molecule has 0 saturated carbocycles. The number of aliphatic carboxylic acids is 2. The molecule has 2 aliphatic rings. The first-order chi connectivity index (χ1) is 29.4. The summed E-state index contributed by atoms with van der Waals surface area (Å²) < 4.78 is 0. The number of aliphatic imine (C=N–C) groups is 2. The summed E-state index contributed by atoms with van der Waals surface area (Å²) >= 11 is 1.94. The number of hydrogen-bond acceptors (Lipinski definition) is 9. The maximum atomic E-state index is 12.3. The SMILES string of the molecule is Cc1ccc(N(c2ccc(/C=C/c3ccc(/C=C4\N=C(SCC(=O)O)NC4=O)cc3)cc2)c2ccc(/C=C/c3ccc(/C=C4\N=C(SCC(=O)O)NC4=O)cc3)cc2)c(C)c1. The average molecular weight is 846 g/mol. The van der Waals surface area contributed by atoms with Crippen molar-refractivity contribution in [1.82, 2.24) is 10.6 Å². The number of aryl methyl sites for hydroxylation is 2. The van der Waals surface area contributed by atoms with E-state index >= 15 is 0 Å². The van der Waals surface area contributed by atoms with Crippen molar-refractivity contribution in [1.29, 1.82) is 0 Å². The third kappa shape index (κ3) is 11.3. The van der Waals surface area contributed by atoms with Gasteiger partial charge in [0.1, 0.15) is 11.4 Å². The zero-order valence-corrected chi connectivity index (χ0v) is 34.7. The van der Waals surface area contributed by atoms with Gasteiger partial charge in [0, 0.05) is 17.1 Å². The first-order valence-corrected chi connectivity index (χ1v) is 21.0. The van der Waals surface area contributed by atoms with E-state index in [0.29, 0.717) is 0 Å². The second kappa shape index (κ2) is 19.2. The van der Waals surface area contributed by atoms with Crippen molar-refractivity contribution < 1.29 is 29.4 Å². The van der Waals surface area contributed by atoms with Crippen molar-refractivity contribution in [2.75, 3.05) is 16.4 Å². The molecule has 11 nitrogen and oxygen atoms in total. The topological polar surface area (TPSA) is 161 Å². The summed E-state index contributed by atoms with van der Waals surface area (Å²) in [6.45, 7) is 4.21. The van der Waals surface area contributed by atoms with Crippen LogP contribution in [0.1, 0.15) is 44.5 Å². The number of carboxylic acid groups (broad SMARTS) is 2. The summed E-state index contributed by atoms with van der Waals surface area (Å²) in [7, 11) is 0. The van der Waals surface area contributed by atoms with E-state index in [-0.39, 0.29) is 45.0 Å². The second-order valence-corrected chi connectivity index (χ2v) is 15.9. The summed E-state index contributed by atoms with van der Waals surface area (Å²) in [5, 5.41) is 23.5. The fraction of sp³-hybridized carbons (Fsp3) is 0.0833. The Morgan fingerprint density at radius 1 is 0.557 bits per heavy atom. The van der Waals surface area contributed by atoms with Gasteiger partial charge in [-0.15, -0.1) is 0 Å². The van der Waals surface area contributed by atoms with Crippen molar-refractivity contribution in [3.8, 4) is 0 Å². The minimum atomic E-state index is -0.980. The number of amidine groups is 2. The standard InChI is InChI=1S/C48H39N5O6S2/c1-30-3-24-42(31(2)25-30)53(38-20-16-34(17-21-38)6-4-32-8-12-36(13-9-32)26-40-45(58)51-47(49-40)60-28-43(54)55)39-22-18-35(19-23-39)7-5-33-10-14-37(15-11-33)27-41-46(59)52-48(50-41)61-29-44(56)57/h3-27H,28-29H2,1-2H3,(H,54,55)(H,56,57)(H,49,51,58)(H,50,52,59)/b6-4+,7-5+,40-26-,41-27-. The lowest BCUT2D eigenvalue weighted by atomic mass is 10.1. The number of thioether (sulfide) groups is 2. The molecular formula is C48H39N5O6S2. The van der Waals surface area contributed by atoms with E-state index in [1.54, 1.807) is 12.2 Å². The van der Waals surface area contributed by atoms with Gasteiger partial charge in [0.15, 0.2) is 10.3 Å². The van der Waals surface area contributed by atoms with Crippen LogP contribution >= 0.6 is 23.5 Å². The molecule has 0 saturated heterocycles. The fourth-order valence-electron chi connectivity index (χ4n) is 6.35. The van der Waals surface area contributed by atoms with Crippen LogP contribution < -0.4 is 15.5 Å². The molecule has 0 aromatic heterocycles. The summed E-state index contributed by atoms with van der Waals surface area (Å²) in [4.78, 5) is 57.0. The predicted octanol–water partition coefficient (Wildman–Crippen LogP) is 9.40. The second-order valence-electron chi connectivity index (χ2n) is 14.0. The van der Waals surface area contributed by atoms with Gasteiger partial charge in [-0.3, -0.25) is 29.8 Å². The molecule has 13 heteroatoms. The molecule has 0 radical (unpaired) electrons. The molecule has 61 heavy (non-hydrogen) atoms. The highest BCUT2D eigenvalue weighted by Crippen LogP contribution is 2.37. The van der Waals surface area contributed by atoms with Crippen LogP contribution in [0.2, 0.25) is 0 Å². The number of amides is 2. The number of rotatable bonds is 13. The normalized spacial score (nSPS) is 15.0. The number of anilines is 3. The number of carbonyl (C=O) groups is 4. The van der Waals surface area contributed by atoms with Gasteiger partial charge in [0.05, 0.1) is 11.5 Å². The van der Waals surface area contributed by atoms with Crippen LogP contribution in [-0.4, -0.2) is 55.8 Å². The number of carboxylic acids is 2. The first kappa shape index (κ1) is 41.9. The third-order valence-electron chi connectivity index (χ3n) is 9.33. The highest BCUT2D eigenvalue weighted by Gasteiger charge is 2.22. The Bertz CT molecular complexity index is 2520. The number of nitrogens with zero attached hydrogens (tertiary/aromatic N) is 3. The summed E-state index contributed by atoms with van der Waals surface area (Å²) in [5.74, 6) is -3.05. The highest BCUT2D eigenvalue weighted by atomic mass is 32.2. The minimum Gasteiger partial charge on any atom is -0.481 e. The van der Waals surface area contributed by atoms with Crippen molar-refractivity contribution >= 4 is 111 Å². The molecule has 5 aromatic rings. The molecule has 5 aromatic carbocycles. The zero-order valence-electron chi connectivity index (χ0n) is 33.0. The molecule has 2 amide bonds. The Morgan fingerprint density at radius 2 is 0.918 bits per heavy atom. The summed E-state index contributed by atoms with van der Waals surface area (Å²) in [6.07, 6.45) is 11.5. The van der Waals surface area contributed by atoms with E-state index in [9.17, 15) is 19.2 Å². The van der Waals surface area contributed by atoms with Gasteiger partial charge < -0.3 is 15.1 Å². The monoisotopic (exact) mass is 845 g/mol. The van der Waals surface area contributed by atoms with Crippen LogP contribution in [0.5, 0.6) is 0 Å². The van der Waals surface area contributed by atoms with E-state index in [1.165, 1.54) is 5.56 Å². The van der Waals surface area contributed by atoms with Gasteiger partial charge in [-0.05, 0) is 95.3 Å². The molecule has 0 bridgehead atoms. The van der Waals surface area contributed by atoms with Crippen molar-refractivity contribution in [2.45, 2.75) is 13.8 Å². The van der Waals surface area contributed by atoms with Crippen LogP contribution in [0.4, 0.5) is 17.1 Å². The van der Waals surface area contributed by atoms with Crippen molar-refractivity contribution in [3.63, 3.8) is 0 Å². The maximum absolute atomic E-state index is 12.3. The van der Waals surface area contributed by atoms with Gasteiger partial charge in [-0.1, -0.05) is 138 Å². The molecule has 0 spiro atoms. The lowest BCUT2D eigenvalue weighted by Crippen LogP contribution is -2.22. The smallest absolute Gasteiger partial charge is 0.313 e. The van der Waals surface area contributed by atoms with Crippen molar-refractivity contribution in [2.24, 2.45) is 9.98 Å². The van der Waals surface area contributed by atoms with E-state index in [0.717, 1.165) is 79.5 Å². The predicted molar refractivity (Wildman–Crippen MR) is 249 cm³/mol. The number of benzene rings is 5. The molecule has 0 aliphatic carbocycles. The summed E-state index contributed by atoms with van der Waals surface area (Å²) in [6, 6.07) is 38.7. The lowest BCUT2D eigenvalue weighted by Gasteiger charge is -2.27. The Balaban J connectivity index is 1.02. The third-order valence-corrected chi connectivity index (χ3v) is 11.0. The minimum absolute atomic E-state index is 0.182. The van der Waals surface area contributed by atoms with Gasteiger partial charge in [0.25, 0.3) is 11.8 Å². The Kier molecular flexibility index (Phi) is 13.2. The van der Waals surface area contributed by atoms with Crippen LogP contribution in [0.25, 0.3) is 36.5 Å². The van der Waals surface area contributed by atoms with E-state index in [2.05, 4.69) is 118 Å². The quantitative estimate of drug-likeness (QED) is 0.0669. The highest BCUT2D eigenvalue weighted by molar-refractivity contribution is 8.14. The Morgan fingerprint density at radius 3 is 1.28 bits per heavy atom. The summed E-state index contributed by atoms with van der Waals surface area (Å²) in [5.41, 5.74) is 11.5. The molecular weight excluding hydrogens is 807 g/mol. The first-order valence-electron chi connectivity index (χ1n) is 19.0. The van der Waals surface area contributed by atoms with Gasteiger partial charge in [-0.25, -0.2) is 9.98 Å². The Labute approximate surface area is 361 Å². The van der Waals surface area contributed by atoms with Crippen LogP contribution in [0, 0.1) is 13.8 Å². The molecule has 0 unspecified atom stereocenters. The molecule has 4 N–H and O–H groups in total. The molecule has 2 heterocycles. The maximum Gasteiger partial charge on any atom is 0.313 e. The van der Waals surface area contributed by atoms with Gasteiger partial charge >= 0.3 is 11.9 Å². The number of carbonyl (C=O) groups excluding carboxylic acids is 2. The van der Waals surface area contributed by atoms with Crippen LogP contribution in [0.3, 0.4) is 0 Å². The van der Waals surface area contributed by atoms with Gasteiger partial charge in [-0.2, -0.15) is 0 Å². The molecule has 0 fully saturated rings. The molecule has 304 valence electrons. The van der Waals surface area contributed by atoms with E-state index < -0.39 is 11.9 Å². The largest absolute Gasteiger partial charge is 0.481 e. The zero-order chi connectivity index (χ0) is 42.9. The van der Waals surface area contributed by atoms with E-state index in [4.69, 9.17) is 10.2 Å². The average Bonchev–Trinajstić information content (AvgIpc) is 3.79. The van der Waals surface area contributed by atoms with E-state index in [1.807, 2.05) is 60.7 Å². The van der Waals surface area contributed by atoms with Crippen LogP contribution in [0.15, 0.2) is 137 Å².